The number of amides is 2. The van der Waals surface area contributed by atoms with E-state index in [-0.39, 0.29) is 11.8 Å². The van der Waals surface area contributed by atoms with Crippen LogP contribution < -0.4 is 10.9 Å². The van der Waals surface area contributed by atoms with E-state index in [4.69, 9.17) is 0 Å². The molecule has 0 unspecified atom stereocenters. The summed E-state index contributed by atoms with van der Waals surface area (Å²) in [5.74, 6) is -0.0639. The molecule has 0 aromatic heterocycles. The first kappa shape index (κ1) is 24.3. The average Bonchev–Trinajstić information content (AvgIpc) is 2.63. The van der Waals surface area contributed by atoms with Crippen LogP contribution in [0.5, 0.6) is 0 Å². The topological polar surface area (TPSA) is 82.9 Å². The monoisotopic (exact) mass is 366 g/mol. The summed E-state index contributed by atoms with van der Waals surface area (Å²) in [6, 6.07) is 0. The summed E-state index contributed by atoms with van der Waals surface area (Å²) < 4.78 is 0. The Balaban J connectivity index is 3.65. The minimum atomic E-state index is -0.0320. The Morgan fingerprint density at radius 1 is 0.615 bits per heavy atom. The van der Waals surface area contributed by atoms with Crippen molar-refractivity contribution in [1.29, 1.82) is 0 Å². The summed E-state index contributed by atoms with van der Waals surface area (Å²) in [6.45, 7) is 8.15. The summed E-state index contributed by atoms with van der Waals surface area (Å²) in [5, 5.41) is 8.21. The lowest BCUT2D eigenvalue weighted by Crippen LogP contribution is -2.19. The smallest absolute Gasteiger partial charge is 0.240 e. The molecule has 2 N–H and O–H groups in total. The molecule has 0 aliphatic rings. The van der Waals surface area contributed by atoms with Crippen LogP contribution >= 0.6 is 0 Å². The van der Waals surface area contributed by atoms with Crippen molar-refractivity contribution in [3.05, 3.63) is 0 Å². The first-order chi connectivity index (χ1) is 12.5. The molecule has 6 nitrogen and oxygen atoms in total. The van der Waals surface area contributed by atoms with Crippen molar-refractivity contribution in [2.75, 3.05) is 0 Å². The first-order valence-corrected chi connectivity index (χ1v) is 10.1. The molecule has 0 aliphatic heterocycles. The molecule has 0 radical (unpaired) electrons. The van der Waals surface area contributed by atoms with Gasteiger partial charge in [-0.1, -0.05) is 39.5 Å². The van der Waals surface area contributed by atoms with Gasteiger partial charge >= 0.3 is 0 Å². The SMILES string of the molecule is CCCC/C(C)=N/NC(=O)CCCCCCC(=O)N/N=C(\C)CCCC. The molecular weight excluding hydrogens is 328 g/mol. The van der Waals surface area contributed by atoms with Gasteiger partial charge in [0.05, 0.1) is 0 Å². The average molecular weight is 367 g/mol. The van der Waals surface area contributed by atoms with Crippen LogP contribution in [0.2, 0.25) is 0 Å². The molecule has 150 valence electrons. The molecule has 0 saturated heterocycles. The van der Waals surface area contributed by atoms with Crippen molar-refractivity contribution in [2.24, 2.45) is 10.2 Å². The quantitative estimate of drug-likeness (QED) is 0.250. The van der Waals surface area contributed by atoms with E-state index in [9.17, 15) is 9.59 Å². The molecule has 0 aromatic rings. The second-order valence-electron chi connectivity index (χ2n) is 6.89. The minimum absolute atomic E-state index is 0.0320. The second kappa shape index (κ2) is 16.7. The van der Waals surface area contributed by atoms with Gasteiger partial charge in [0.25, 0.3) is 0 Å². The molecular formula is C20H38N4O2. The molecule has 0 saturated carbocycles. The predicted molar refractivity (Wildman–Crippen MR) is 109 cm³/mol. The first-order valence-electron chi connectivity index (χ1n) is 10.1. The maximum absolute atomic E-state index is 11.7. The fraction of sp³-hybridized carbons (Fsp3) is 0.800. The van der Waals surface area contributed by atoms with Crippen LogP contribution in [0.15, 0.2) is 10.2 Å². The number of carbonyl (C=O) groups excluding carboxylic acids is 2. The fourth-order valence-corrected chi connectivity index (χ4v) is 2.33. The predicted octanol–water partition coefficient (Wildman–Crippen LogP) is 4.69. The number of hydrazone groups is 2. The summed E-state index contributed by atoms with van der Waals surface area (Å²) in [5.41, 5.74) is 7.17. The number of hydrogen-bond acceptors (Lipinski definition) is 4. The lowest BCUT2D eigenvalue weighted by Gasteiger charge is -2.04. The van der Waals surface area contributed by atoms with E-state index in [0.717, 1.165) is 75.6 Å². The second-order valence-corrected chi connectivity index (χ2v) is 6.89. The van der Waals surface area contributed by atoms with Crippen LogP contribution in [0, 0.1) is 0 Å². The van der Waals surface area contributed by atoms with Crippen LogP contribution in [0.3, 0.4) is 0 Å². The Labute approximate surface area is 159 Å². The number of nitrogens with zero attached hydrogens (tertiary/aromatic N) is 2. The van der Waals surface area contributed by atoms with Gasteiger partial charge in [0, 0.05) is 24.3 Å². The van der Waals surface area contributed by atoms with Gasteiger partial charge in [-0.3, -0.25) is 9.59 Å². The molecule has 0 heterocycles. The lowest BCUT2D eigenvalue weighted by molar-refractivity contribution is -0.122. The van der Waals surface area contributed by atoms with Crippen molar-refractivity contribution in [1.82, 2.24) is 10.9 Å². The normalized spacial score (nSPS) is 12.2. The highest BCUT2D eigenvalue weighted by Crippen LogP contribution is 2.06. The molecule has 0 fully saturated rings. The van der Waals surface area contributed by atoms with Gasteiger partial charge in [-0.2, -0.15) is 10.2 Å². The number of rotatable bonds is 15. The molecule has 0 spiro atoms. The van der Waals surface area contributed by atoms with Gasteiger partial charge in [0.15, 0.2) is 0 Å². The zero-order valence-corrected chi connectivity index (χ0v) is 17.2. The van der Waals surface area contributed by atoms with Crippen molar-refractivity contribution in [2.45, 2.75) is 105 Å². The Morgan fingerprint density at radius 2 is 1.00 bits per heavy atom. The van der Waals surface area contributed by atoms with E-state index < -0.39 is 0 Å². The van der Waals surface area contributed by atoms with Crippen LogP contribution in [-0.2, 0) is 9.59 Å². The van der Waals surface area contributed by atoms with E-state index in [1.165, 1.54) is 0 Å². The van der Waals surface area contributed by atoms with Gasteiger partial charge in [-0.25, -0.2) is 10.9 Å². The molecule has 0 bridgehead atoms. The third-order valence-corrected chi connectivity index (χ3v) is 4.08. The summed E-state index contributed by atoms with van der Waals surface area (Å²) in [4.78, 5) is 23.4. The molecule has 2 amide bonds. The van der Waals surface area contributed by atoms with Crippen LogP contribution in [0.25, 0.3) is 0 Å². The highest BCUT2D eigenvalue weighted by Gasteiger charge is 2.03. The summed E-state index contributed by atoms with van der Waals surface area (Å²) in [6.07, 6.45) is 10.8. The minimum Gasteiger partial charge on any atom is -0.273 e. The van der Waals surface area contributed by atoms with E-state index in [1.54, 1.807) is 0 Å². The standard InChI is InChI=1S/C20H38N4O2/c1-5-7-13-17(3)21-23-19(25)15-11-9-10-12-16-20(26)24-22-18(4)14-8-6-2/h5-16H2,1-4H3,(H,23,25)(H,24,26)/b21-17+,22-18+. The van der Waals surface area contributed by atoms with E-state index in [1.807, 2.05) is 13.8 Å². The largest absolute Gasteiger partial charge is 0.273 e. The third kappa shape index (κ3) is 15.8. The van der Waals surface area contributed by atoms with Gasteiger partial charge in [0.2, 0.25) is 11.8 Å². The molecule has 0 aliphatic carbocycles. The zero-order chi connectivity index (χ0) is 19.6. The van der Waals surface area contributed by atoms with Crippen molar-refractivity contribution >= 4 is 23.2 Å². The highest BCUT2D eigenvalue weighted by atomic mass is 16.2. The maximum Gasteiger partial charge on any atom is 0.240 e. The fourth-order valence-electron chi connectivity index (χ4n) is 2.33. The highest BCUT2D eigenvalue weighted by molar-refractivity contribution is 5.84. The van der Waals surface area contributed by atoms with Crippen molar-refractivity contribution in [3.63, 3.8) is 0 Å². The van der Waals surface area contributed by atoms with E-state index in [0.29, 0.717) is 12.8 Å². The number of nitrogens with one attached hydrogen (secondary N) is 2. The number of unbranched alkanes of at least 4 members (excludes halogenated alkanes) is 5. The molecule has 0 rings (SSSR count). The van der Waals surface area contributed by atoms with Crippen LogP contribution in [0.1, 0.15) is 105 Å². The van der Waals surface area contributed by atoms with Crippen LogP contribution in [0.4, 0.5) is 0 Å². The van der Waals surface area contributed by atoms with Crippen molar-refractivity contribution < 1.29 is 9.59 Å². The summed E-state index contributed by atoms with van der Waals surface area (Å²) >= 11 is 0. The van der Waals surface area contributed by atoms with Gasteiger partial charge < -0.3 is 0 Å². The summed E-state index contributed by atoms with van der Waals surface area (Å²) in [7, 11) is 0. The Kier molecular flexibility index (Phi) is 15.6. The van der Waals surface area contributed by atoms with Gasteiger partial charge in [0.1, 0.15) is 0 Å². The Bertz CT molecular complexity index is 417. The third-order valence-electron chi connectivity index (χ3n) is 4.08. The number of carbonyl (C=O) groups is 2. The van der Waals surface area contributed by atoms with E-state index >= 15 is 0 Å². The van der Waals surface area contributed by atoms with Gasteiger partial charge in [-0.05, 0) is 52.4 Å². The van der Waals surface area contributed by atoms with Crippen molar-refractivity contribution in [3.8, 4) is 0 Å². The Hall–Kier alpha value is -1.72. The molecule has 26 heavy (non-hydrogen) atoms. The molecule has 0 atom stereocenters. The maximum atomic E-state index is 11.7. The van der Waals surface area contributed by atoms with E-state index in [2.05, 4.69) is 34.9 Å². The lowest BCUT2D eigenvalue weighted by atomic mass is 10.1. The number of hydrogen-bond donors (Lipinski definition) is 2. The Morgan fingerprint density at radius 3 is 1.35 bits per heavy atom. The van der Waals surface area contributed by atoms with Crippen LogP contribution in [-0.4, -0.2) is 23.2 Å². The zero-order valence-electron chi connectivity index (χ0n) is 17.2. The molecule has 6 heteroatoms. The van der Waals surface area contributed by atoms with Gasteiger partial charge in [-0.15, -0.1) is 0 Å². The molecule has 0 aromatic carbocycles.